The lowest BCUT2D eigenvalue weighted by molar-refractivity contribution is -0.157. The molecular weight excluding hydrogens is 362 g/mol. The predicted molar refractivity (Wildman–Crippen MR) is 103 cm³/mol. The molecule has 0 fully saturated rings. The van der Waals surface area contributed by atoms with Crippen LogP contribution in [0.15, 0.2) is 54.6 Å². The van der Waals surface area contributed by atoms with Crippen molar-refractivity contribution in [2.24, 2.45) is 0 Å². The van der Waals surface area contributed by atoms with E-state index in [0.29, 0.717) is 11.3 Å². The summed E-state index contributed by atoms with van der Waals surface area (Å²) in [4.78, 5) is 25.2. The Morgan fingerprint density at radius 2 is 1.71 bits per heavy atom. The molecule has 0 heterocycles. The summed E-state index contributed by atoms with van der Waals surface area (Å²) in [6.45, 7) is 1.36. The summed E-state index contributed by atoms with van der Waals surface area (Å²) in [5.41, 5.74) is -0.549. The van der Waals surface area contributed by atoms with Gasteiger partial charge in [-0.05, 0) is 36.8 Å². The molecule has 1 amide bonds. The largest absolute Gasteiger partial charge is 0.497 e. The molecular formula is C21H25NO6. The van der Waals surface area contributed by atoms with Crippen LogP contribution in [0, 0.1) is 0 Å². The van der Waals surface area contributed by atoms with E-state index in [1.165, 1.54) is 21.1 Å². The molecule has 0 radical (unpaired) electrons. The first kappa shape index (κ1) is 21.4. The summed E-state index contributed by atoms with van der Waals surface area (Å²) in [7, 11) is 2.71. The molecule has 0 saturated heterocycles. The maximum atomic E-state index is 12.7. The van der Waals surface area contributed by atoms with Crippen LogP contribution < -0.4 is 10.1 Å². The standard InChI is InChI=1S/C21H25NO6/c1-15(23)21(20(25)27-3,14-28-13-16-7-5-4-6-8-16)22-19(24)17-9-11-18(26-2)12-10-17/h4-12,15,23H,13-14H2,1-3H3,(H,22,24)/t15-,21-/m1/s1. The van der Waals surface area contributed by atoms with Crippen LogP contribution in [-0.2, 0) is 20.9 Å². The molecule has 7 nitrogen and oxygen atoms in total. The van der Waals surface area contributed by atoms with Gasteiger partial charge in [0.05, 0.1) is 33.5 Å². The first-order chi connectivity index (χ1) is 13.4. The molecule has 2 N–H and O–H groups in total. The molecule has 0 aliphatic heterocycles. The highest BCUT2D eigenvalue weighted by atomic mass is 16.5. The van der Waals surface area contributed by atoms with Gasteiger partial charge >= 0.3 is 5.97 Å². The van der Waals surface area contributed by atoms with Crippen LogP contribution in [0.4, 0.5) is 0 Å². The van der Waals surface area contributed by atoms with E-state index in [1.807, 2.05) is 30.3 Å². The van der Waals surface area contributed by atoms with Gasteiger partial charge in [-0.1, -0.05) is 30.3 Å². The summed E-state index contributed by atoms with van der Waals surface area (Å²) in [5.74, 6) is -0.743. The number of hydrogen-bond acceptors (Lipinski definition) is 6. The predicted octanol–water partition coefficient (Wildman–Crippen LogP) is 1.93. The normalized spacial score (nSPS) is 13.9. The van der Waals surface area contributed by atoms with Gasteiger partial charge in [0.1, 0.15) is 5.75 Å². The van der Waals surface area contributed by atoms with Crippen molar-refractivity contribution >= 4 is 11.9 Å². The molecule has 0 spiro atoms. The Hall–Kier alpha value is -2.90. The Labute approximate surface area is 164 Å². The third kappa shape index (κ3) is 5.09. The lowest BCUT2D eigenvalue weighted by Crippen LogP contribution is -2.64. The summed E-state index contributed by atoms with van der Waals surface area (Å²) in [5, 5.41) is 12.9. The smallest absolute Gasteiger partial charge is 0.336 e. The molecule has 0 saturated carbocycles. The summed E-state index contributed by atoms with van der Waals surface area (Å²) < 4.78 is 15.6. The van der Waals surface area contributed by atoms with E-state index < -0.39 is 23.5 Å². The van der Waals surface area contributed by atoms with Crippen LogP contribution in [-0.4, -0.2) is 49.5 Å². The number of nitrogens with one attached hydrogen (secondary N) is 1. The molecule has 2 aromatic rings. The monoisotopic (exact) mass is 387 g/mol. The number of carbonyl (C=O) groups excluding carboxylic acids is 2. The summed E-state index contributed by atoms with van der Waals surface area (Å²) in [6.07, 6.45) is -1.25. The molecule has 150 valence electrons. The fourth-order valence-corrected chi connectivity index (χ4v) is 2.65. The Morgan fingerprint density at radius 1 is 1.07 bits per heavy atom. The number of benzene rings is 2. The SMILES string of the molecule is COC(=O)[C@](COCc1ccccc1)(NC(=O)c1ccc(OC)cc1)[C@@H](C)O. The topological polar surface area (TPSA) is 94.1 Å². The number of aliphatic hydroxyl groups excluding tert-OH is 1. The first-order valence-corrected chi connectivity index (χ1v) is 8.77. The van der Waals surface area contributed by atoms with Crippen molar-refractivity contribution in [1.82, 2.24) is 5.32 Å². The van der Waals surface area contributed by atoms with Gasteiger partial charge in [0.2, 0.25) is 0 Å². The Morgan fingerprint density at radius 3 is 2.25 bits per heavy atom. The van der Waals surface area contributed by atoms with Crippen LogP contribution in [0.5, 0.6) is 5.75 Å². The average molecular weight is 387 g/mol. The van der Waals surface area contributed by atoms with Gasteiger partial charge < -0.3 is 24.6 Å². The van der Waals surface area contributed by atoms with Gasteiger partial charge in [0.15, 0.2) is 5.54 Å². The molecule has 0 bridgehead atoms. The van der Waals surface area contributed by atoms with Gasteiger partial charge in [-0.15, -0.1) is 0 Å². The number of amides is 1. The molecule has 2 rings (SSSR count). The minimum absolute atomic E-state index is 0.213. The van der Waals surface area contributed by atoms with Crippen molar-refractivity contribution in [3.05, 3.63) is 65.7 Å². The lowest BCUT2D eigenvalue weighted by atomic mass is 9.93. The van der Waals surface area contributed by atoms with E-state index in [0.717, 1.165) is 5.56 Å². The van der Waals surface area contributed by atoms with E-state index in [-0.39, 0.29) is 13.2 Å². The highest BCUT2D eigenvalue weighted by Gasteiger charge is 2.46. The van der Waals surface area contributed by atoms with Crippen molar-refractivity contribution in [3.8, 4) is 5.75 Å². The number of ether oxygens (including phenoxy) is 3. The minimum Gasteiger partial charge on any atom is -0.497 e. The van der Waals surface area contributed by atoms with Gasteiger partial charge in [-0.25, -0.2) is 4.79 Å². The van der Waals surface area contributed by atoms with Gasteiger partial charge in [-0.2, -0.15) is 0 Å². The molecule has 2 aromatic carbocycles. The maximum Gasteiger partial charge on any atom is 0.336 e. The van der Waals surface area contributed by atoms with Crippen LogP contribution in [0.2, 0.25) is 0 Å². The number of carbonyl (C=O) groups is 2. The van der Waals surface area contributed by atoms with Crippen molar-refractivity contribution in [2.45, 2.75) is 25.2 Å². The van der Waals surface area contributed by atoms with Crippen molar-refractivity contribution in [1.29, 1.82) is 0 Å². The minimum atomic E-state index is -1.75. The lowest BCUT2D eigenvalue weighted by Gasteiger charge is -2.34. The Bertz CT molecular complexity index is 775. The van der Waals surface area contributed by atoms with E-state index in [9.17, 15) is 14.7 Å². The van der Waals surface area contributed by atoms with Crippen molar-refractivity contribution < 1.29 is 28.9 Å². The average Bonchev–Trinajstić information content (AvgIpc) is 2.72. The molecule has 0 aliphatic rings. The van der Waals surface area contributed by atoms with Gasteiger partial charge in [0, 0.05) is 5.56 Å². The number of aliphatic hydroxyl groups is 1. The number of rotatable bonds is 9. The summed E-state index contributed by atoms with van der Waals surface area (Å²) in [6, 6.07) is 15.7. The van der Waals surface area contributed by atoms with E-state index in [4.69, 9.17) is 14.2 Å². The van der Waals surface area contributed by atoms with Crippen LogP contribution in [0.1, 0.15) is 22.8 Å². The van der Waals surface area contributed by atoms with Crippen LogP contribution in [0.25, 0.3) is 0 Å². The van der Waals surface area contributed by atoms with E-state index in [2.05, 4.69) is 5.32 Å². The molecule has 2 atom stereocenters. The van der Waals surface area contributed by atoms with E-state index >= 15 is 0 Å². The van der Waals surface area contributed by atoms with Gasteiger partial charge in [-0.3, -0.25) is 4.79 Å². The molecule has 0 aromatic heterocycles. The third-order valence-electron chi connectivity index (χ3n) is 4.39. The Kier molecular flexibility index (Phi) is 7.54. The zero-order valence-electron chi connectivity index (χ0n) is 16.2. The number of esters is 1. The molecule has 7 heteroatoms. The zero-order valence-corrected chi connectivity index (χ0v) is 16.2. The van der Waals surface area contributed by atoms with Crippen molar-refractivity contribution in [3.63, 3.8) is 0 Å². The molecule has 28 heavy (non-hydrogen) atoms. The molecule has 0 aliphatic carbocycles. The highest BCUT2D eigenvalue weighted by molar-refractivity contribution is 5.98. The van der Waals surface area contributed by atoms with E-state index in [1.54, 1.807) is 24.3 Å². The highest BCUT2D eigenvalue weighted by Crippen LogP contribution is 2.18. The van der Waals surface area contributed by atoms with Crippen LogP contribution >= 0.6 is 0 Å². The summed E-state index contributed by atoms with van der Waals surface area (Å²) >= 11 is 0. The van der Waals surface area contributed by atoms with Crippen LogP contribution in [0.3, 0.4) is 0 Å². The second kappa shape index (κ2) is 9.87. The quantitative estimate of drug-likeness (QED) is 0.639. The van der Waals surface area contributed by atoms with Crippen molar-refractivity contribution in [2.75, 3.05) is 20.8 Å². The number of methoxy groups -OCH3 is 2. The van der Waals surface area contributed by atoms with Gasteiger partial charge in [0.25, 0.3) is 5.91 Å². The molecule has 0 unspecified atom stereocenters. The maximum absolute atomic E-state index is 12.7. The number of hydrogen-bond donors (Lipinski definition) is 2. The second-order valence-corrected chi connectivity index (χ2v) is 6.30. The third-order valence-corrected chi connectivity index (χ3v) is 4.39. The Balaban J connectivity index is 2.19. The first-order valence-electron chi connectivity index (χ1n) is 8.77. The fraction of sp³-hybridized carbons (Fsp3) is 0.333. The fourth-order valence-electron chi connectivity index (χ4n) is 2.65. The second-order valence-electron chi connectivity index (χ2n) is 6.30. The zero-order chi connectivity index (χ0) is 20.6.